The van der Waals surface area contributed by atoms with E-state index in [2.05, 4.69) is 46.5 Å². The Balaban J connectivity index is 2.27. The van der Waals surface area contributed by atoms with E-state index in [1.807, 2.05) is 0 Å². The Morgan fingerprint density at radius 1 is 1.53 bits per heavy atom. The maximum atomic E-state index is 6.20. The highest BCUT2D eigenvalue weighted by molar-refractivity contribution is 9.10. The summed E-state index contributed by atoms with van der Waals surface area (Å²) in [6.45, 7) is 7.42. The van der Waals surface area contributed by atoms with Gasteiger partial charge in [0, 0.05) is 12.4 Å². The second kappa shape index (κ2) is 4.93. The fourth-order valence-electron chi connectivity index (χ4n) is 2.50. The fourth-order valence-corrected chi connectivity index (χ4v) is 3.24. The summed E-state index contributed by atoms with van der Waals surface area (Å²) >= 11 is 9.87. The third-order valence-electron chi connectivity index (χ3n) is 3.89. The van der Waals surface area contributed by atoms with Crippen molar-refractivity contribution in [1.29, 1.82) is 0 Å². The van der Waals surface area contributed by atoms with Crippen molar-refractivity contribution in [2.24, 2.45) is 11.3 Å². The molecule has 1 aromatic rings. The molecule has 1 aromatic heterocycles. The van der Waals surface area contributed by atoms with Crippen LogP contribution in [-0.4, -0.2) is 15.7 Å². The van der Waals surface area contributed by atoms with Gasteiger partial charge in [0.25, 0.3) is 0 Å². The van der Waals surface area contributed by atoms with Crippen LogP contribution in [0.25, 0.3) is 0 Å². The van der Waals surface area contributed by atoms with E-state index in [9.17, 15) is 0 Å². The summed E-state index contributed by atoms with van der Waals surface area (Å²) < 4.78 is 3.27. The molecule has 4 heteroatoms. The van der Waals surface area contributed by atoms with Gasteiger partial charge in [-0.2, -0.15) is 5.10 Å². The molecule has 0 aliphatic heterocycles. The highest BCUT2D eigenvalue weighted by Gasteiger charge is 2.41. The van der Waals surface area contributed by atoms with Gasteiger partial charge in [-0.25, -0.2) is 0 Å². The lowest BCUT2D eigenvalue weighted by Gasteiger charge is -2.27. The standard InChI is InChI=1S/C13H20BrClN2/c1-4-17-11(12(14)9(2)16-17)7-13(3,8-15)10-5-6-10/h10H,4-8H2,1-3H3. The number of rotatable bonds is 5. The molecule has 0 N–H and O–H groups in total. The van der Waals surface area contributed by atoms with E-state index in [-0.39, 0.29) is 5.41 Å². The van der Waals surface area contributed by atoms with Crippen LogP contribution in [-0.2, 0) is 13.0 Å². The molecule has 1 saturated carbocycles. The molecular weight excluding hydrogens is 300 g/mol. The maximum Gasteiger partial charge on any atom is 0.0738 e. The molecule has 1 aliphatic rings. The summed E-state index contributed by atoms with van der Waals surface area (Å²) in [5, 5.41) is 4.55. The number of aromatic nitrogens is 2. The van der Waals surface area contributed by atoms with E-state index in [0.717, 1.165) is 34.9 Å². The Bertz CT molecular complexity index is 412. The van der Waals surface area contributed by atoms with Crippen molar-refractivity contribution in [2.45, 2.75) is 46.6 Å². The van der Waals surface area contributed by atoms with Crippen LogP contribution in [0, 0.1) is 18.3 Å². The first kappa shape index (κ1) is 13.4. The first-order valence-corrected chi connectivity index (χ1v) is 7.62. The average molecular weight is 320 g/mol. The smallest absolute Gasteiger partial charge is 0.0738 e. The number of alkyl halides is 1. The van der Waals surface area contributed by atoms with Crippen LogP contribution < -0.4 is 0 Å². The van der Waals surface area contributed by atoms with Gasteiger partial charge < -0.3 is 0 Å². The molecule has 1 fully saturated rings. The molecule has 2 nitrogen and oxygen atoms in total. The molecule has 1 aliphatic carbocycles. The second-order valence-electron chi connectivity index (χ2n) is 5.40. The van der Waals surface area contributed by atoms with Gasteiger partial charge in [0.2, 0.25) is 0 Å². The summed E-state index contributed by atoms with van der Waals surface area (Å²) in [6, 6.07) is 0. The van der Waals surface area contributed by atoms with Crippen molar-refractivity contribution in [3.8, 4) is 0 Å². The van der Waals surface area contributed by atoms with Crippen molar-refractivity contribution in [3.05, 3.63) is 15.9 Å². The highest BCUT2D eigenvalue weighted by Crippen LogP contribution is 2.48. The topological polar surface area (TPSA) is 17.8 Å². The minimum absolute atomic E-state index is 0.226. The van der Waals surface area contributed by atoms with Crippen LogP contribution in [0.5, 0.6) is 0 Å². The van der Waals surface area contributed by atoms with E-state index < -0.39 is 0 Å². The Labute approximate surface area is 117 Å². The van der Waals surface area contributed by atoms with Gasteiger partial charge in [0.1, 0.15) is 0 Å². The third kappa shape index (κ3) is 2.55. The molecule has 1 atom stereocenters. The summed E-state index contributed by atoms with van der Waals surface area (Å²) in [7, 11) is 0. The van der Waals surface area contributed by atoms with Crippen LogP contribution in [0.4, 0.5) is 0 Å². The summed E-state index contributed by atoms with van der Waals surface area (Å²) in [6.07, 6.45) is 3.69. The highest BCUT2D eigenvalue weighted by atomic mass is 79.9. The molecule has 2 rings (SSSR count). The lowest BCUT2D eigenvalue weighted by Crippen LogP contribution is -2.26. The molecule has 0 radical (unpaired) electrons. The zero-order valence-electron chi connectivity index (χ0n) is 10.8. The first-order valence-electron chi connectivity index (χ1n) is 6.29. The number of hydrogen-bond donors (Lipinski definition) is 0. The van der Waals surface area contributed by atoms with Gasteiger partial charge in [0.15, 0.2) is 0 Å². The largest absolute Gasteiger partial charge is 0.268 e. The Morgan fingerprint density at radius 3 is 2.65 bits per heavy atom. The van der Waals surface area contributed by atoms with Crippen molar-refractivity contribution in [3.63, 3.8) is 0 Å². The minimum atomic E-state index is 0.226. The maximum absolute atomic E-state index is 6.20. The van der Waals surface area contributed by atoms with Gasteiger partial charge in [-0.3, -0.25) is 4.68 Å². The van der Waals surface area contributed by atoms with Crippen LogP contribution in [0.1, 0.15) is 38.1 Å². The van der Waals surface area contributed by atoms with Crippen molar-refractivity contribution in [2.75, 3.05) is 5.88 Å². The summed E-state index contributed by atoms with van der Waals surface area (Å²) in [5.74, 6) is 1.53. The quantitative estimate of drug-likeness (QED) is 0.745. The Hall–Kier alpha value is -0.0200. The van der Waals surface area contributed by atoms with Crippen LogP contribution in [0.15, 0.2) is 4.47 Å². The number of aryl methyl sites for hydroxylation is 2. The fraction of sp³-hybridized carbons (Fsp3) is 0.769. The first-order chi connectivity index (χ1) is 8.01. The van der Waals surface area contributed by atoms with Gasteiger partial charge in [-0.05, 0) is 60.4 Å². The van der Waals surface area contributed by atoms with Gasteiger partial charge in [0.05, 0.1) is 15.9 Å². The predicted octanol–water partition coefficient (Wildman–Crippen LogP) is 4.17. The molecule has 1 heterocycles. The predicted molar refractivity (Wildman–Crippen MR) is 75.6 cm³/mol. The number of hydrogen-bond acceptors (Lipinski definition) is 1. The normalized spacial score (nSPS) is 19.4. The molecule has 96 valence electrons. The average Bonchev–Trinajstić information content (AvgIpc) is 3.13. The lowest BCUT2D eigenvalue weighted by atomic mass is 9.82. The van der Waals surface area contributed by atoms with Gasteiger partial charge >= 0.3 is 0 Å². The minimum Gasteiger partial charge on any atom is -0.268 e. The monoisotopic (exact) mass is 318 g/mol. The van der Waals surface area contributed by atoms with Gasteiger partial charge in [-0.15, -0.1) is 11.6 Å². The number of nitrogens with zero attached hydrogens (tertiary/aromatic N) is 2. The van der Waals surface area contributed by atoms with E-state index in [1.165, 1.54) is 18.5 Å². The van der Waals surface area contributed by atoms with E-state index >= 15 is 0 Å². The van der Waals surface area contributed by atoms with Crippen molar-refractivity contribution < 1.29 is 0 Å². The molecule has 0 spiro atoms. The molecule has 0 aromatic carbocycles. The lowest BCUT2D eigenvalue weighted by molar-refractivity contribution is 0.303. The van der Waals surface area contributed by atoms with Crippen molar-refractivity contribution in [1.82, 2.24) is 9.78 Å². The number of halogens is 2. The Kier molecular flexibility index (Phi) is 3.89. The summed E-state index contributed by atoms with van der Waals surface area (Å²) in [4.78, 5) is 0. The van der Waals surface area contributed by atoms with Gasteiger partial charge in [-0.1, -0.05) is 6.92 Å². The van der Waals surface area contributed by atoms with E-state index in [4.69, 9.17) is 11.6 Å². The molecule has 0 amide bonds. The molecule has 1 unspecified atom stereocenters. The Morgan fingerprint density at radius 2 is 2.18 bits per heavy atom. The van der Waals surface area contributed by atoms with E-state index in [1.54, 1.807) is 0 Å². The van der Waals surface area contributed by atoms with Crippen LogP contribution in [0.3, 0.4) is 0 Å². The molecular formula is C13H20BrClN2. The zero-order valence-corrected chi connectivity index (χ0v) is 13.1. The summed E-state index contributed by atoms with van der Waals surface area (Å²) in [5.41, 5.74) is 2.61. The second-order valence-corrected chi connectivity index (χ2v) is 6.46. The van der Waals surface area contributed by atoms with Crippen LogP contribution in [0.2, 0.25) is 0 Å². The van der Waals surface area contributed by atoms with E-state index in [0.29, 0.717) is 0 Å². The van der Waals surface area contributed by atoms with Crippen LogP contribution >= 0.6 is 27.5 Å². The molecule has 17 heavy (non-hydrogen) atoms. The third-order valence-corrected chi connectivity index (χ3v) is 5.53. The zero-order chi connectivity index (χ0) is 12.6. The SMILES string of the molecule is CCn1nc(C)c(Br)c1CC(C)(CCl)C1CC1. The molecule has 0 saturated heterocycles. The van der Waals surface area contributed by atoms with Crippen molar-refractivity contribution >= 4 is 27.5 Å². The molecule has 0 bridgehead atoms.